The highest BCUT2D eigenvalue weighted by Crippen LogP contribution is 2.28. The number of rotatable bonds is 5. The molecule has 17 heavy (non-hydrogen) atoms. The SMILES string of the molecule is CCCN(C(=O)c1ccnc(NN)c1)C1CC1. The van der Waals surface area contributed by atoms with Crippen molar-refractivity contribution in [2.75, 3.05) is 12.0 Å². The molecule has 92 valence electrons. The van der Waals surface area contributed by atoms with Crippen LogP contribution in [0.3, 0.4) is 0 Å². The summed E-state index contributed by atoms with van der Waals surface area (Å²) in [4.78, 5) is 18.3. The average Bonchev–Trinajstić information content (AvgIpc) is 3.19. The van der Waals surface area contributed by atoms with E-state index in [1.165, 1.54) is 0 Å². The lowest BCUT2D eigenvalue weighted by Gasteiger charge is -2.21. The van der Waals surface area contributed by atoms with E-state index >= 15 is 0 Å². The number of carbonyl (C=O) groups is 1. The molecular weight excluding hydrogens is 216 g/mol. The highest BCUT2D eigenvalue weighted by molar-refractivity contribution is 5.95. The molecule has 0 atom stereocenters. The predicted octanol–water partition coefficient (Wildman–Crippen LogP) is 1.38. The summed E-state index contributed by atoms with van der Waals surface area (Å²) in [6.07, 6.45) is 4.83. The Hall–Kier alpha value is -1.62. The van der Waals surface area contributed by atoms with Crippen molar-refractivity contribution in [3.63, 3.8) is 0 Å². The van der Waals surface area contributed by atoms with Gasteiger partial charge in [0.05, 0.1) is 0 Å². The zero-order chi connectivity index (χ0) is 12.3. The van der Waals surface area contributed by atoms with Crippen LogP contribution in [-0.2, 0) is 0 Å². The zero-order valence-corrected chi connectivity index (χ0v) is 10.0. The molecule has 5 nitrogen and oxygen atoms in total. The molecule has 1 heterocycles. The van der Waals surface area contributed by atoms with Crippen molar-refractivity contribution in [3.05, 3.63) is 23.9 Å². The first-order valence-corrected chi connectivity index (χ1v) is 6.00. The Labute approximate surface area is 101 Å². The van der Waals surface area contributed by atoms with Crippen molar-refractivity contribution in [1.29, 1.82) is 0 Å². The monoisotopic (exact) mass is 234 g/mol. The Morgan fingerprint density at radius 3 is 3.00 bits per heavy atom. The molecule has 5 heteroatoms. The second-order valence-electron chi connectivity index (χ2n) is 4.30. The second-order valence-corrected chi connectivity index (χ2v) is 4.30. The van der Waals surface area contributed by atoms with Crippen LogP contribution in [0.1, 0.15) is 36.5 Å². The van der Waals surface area contributed by atoms with Crippen LogP contribution in [0.5, 0.6) is 0 Å². The Bertz CT molecular complexity index is 403. The van der Waals surface area contributed by atoms with Gasteiger partial charge in [0, 0.05) is 24.3 Å². The summed E-state index contributed by atoms with van der Waals surface area (Å²) >= 11 is 0. The third-order valence-corrected chi connectivity index (χ3v) is 2.87. The maximum absolute atomic E-state index is 12.3. The minimum atomic E-state index is 0.0771. The van der Waals surface area contributed by atoms with Crippen LogP contribution in [0.2, 0.25) is 0 Å². The van der Waals surface area contributed by atoms with Crippen molar-refractivity contribution in [2.45, 2.75) is 32.2 Å². The second kappa shape index (κ2) is 5.14. The number of hydrogen-bond acceptors (Lipinski definition) is 4. The van der Waals surface area contributed by atoms with Crippen LogP contribution < -0.4 is 11.3 Å². The number of hydrazine groups is 1. The molecule has 1 saturated carbocycles. The van der Waals surface area contributed by atoms with Crippen LogP contribution in [0, 0.1) is 0 Å². The summed E-state index contributed by atoms with van der Waals surface area (Å²) in [6.45, 7) is 2.90. The van der Waals surface area contributed by atoms with Gasteiger partial charge < -0.3 is 10.3 Å². The van der Waals surface area contributed by atoms with Crippen LogP contribution in [-0.4, -0.2) is 28.4 Å². The molecule has 0 aliphatic heterocycles. The maximum atomic E-state index is 12.3. The summed E-state index contributed by atoms with van der Waals surface area (Å²) in [6, 6.07) is 3.85. The van der Waals surface area contributed by atoms with E-state index in [1.807, 2.05) is 4.90 Å². The number of pyridine rings is 1. The molecule has 3 N–H and O–H groups in total. The molecule has 1 aromatic rings. The van der Waals surface area contributed by atoms with Crippen molar-refractivity contribution in [1.82, 2.24) is 9.88 Å². The highest BCUT2D eigenvalue weighted by atomic mass is 16.2. The summed E-state index contributed by atoms with van der Waals surface area (Å²) in [7, 11) is 0. The summed E-state index contributed by atoms with van der Waals surface area (Å²) < 4.78 is 0. The molecule has 1 aliphatic rings. The first-order chi connectivity index (χ1) is 8.26. The van der Waals surface area contributed by atoms with Crippen molar-refractivity contribution >= 4 is 11.7 Å². The minimum Gasteiger partial charge on any atom is -0.336 e. The minimum absolute atomic E-state index is 0.0771. The van der Waals surface area contributed by atoms with Crippen molar-refractivity contribution in [2.24, 2.45) is 5.84 Å². The van der Waals surface area contributed by atoms with E-state index in [0.717, 1.165) is 25.8 Å². The smallest absolute Gasteiger partial charge is 0.254 e. The topological polar surface area (TPSA) is 71.2 Å². The van der Waals surface area contributed by atoms with Gasteiger partial charge in [0.1, 0.15) is 5.82 Å². The molecule has 0 radical (unpaired) electrons. The quantitative estimate of drug-likeness (QED) is 0.596. The Morgan fingerprint density at radius 2 is 2.41 bits per heavy atom. The van der Waals surface area contributed by atoms with Crippen molar-refractivity contribution < 1.29 is 4.79 Å². The molecule has 1 aliphatic carbocycles. The molecule has 0 spiro atoms. The maximum Gasteiger partial charge on any atom is 0.254 e. The molecule has 1 aromatic heterocycles. The van der Waals surface area contributed by atoms with Gasteiger partial charge in [-0.3, -0.25) is 4.79 Å². The van der Waals surface area contributed by atoms with Gasteiger partial charge in [-0.1, -0.05) is 6.92 Å². The standard InChI is InChI=1S/C12H18N4O/c1-2-7-16(10-3-4-10)12(17)9-5-6-14-11(8-9)15-13/h5-6,8,10H,2-4,7,13H2,1H3,(H,14,15). The van der Waals surface area contributed by atoms with Gasteiger partial charge in [-0.15, -0.1) is 0 Å². The Kier molecular flexibility index (Phi) is 3.58. The largest absolute Gasteiger partial charge is 0.336 e. The number of hydrogen-bond donors (Lipinski definition) is 2. The third-order valence-electron chi connectivity index (χ3n) is 2.87. The molecular formula is C12H18N4O. The van der Waals surface area contributed by atoms with E-state index in [-0.39, 0.29) is 5.91 Å². The fraction of sp³-hybridized carbons (Fsp3) is 0.500. The number of nitrogen functional groups attached to an aromatic ring is 1. The molecule has 1 amide bonds. The Balaban J connectivity index is 2.15. The third kappa shape index (κ3) is 2.74. The van der Waals surface area contributed by atoms with Crippen LogP contribution in [0.4, 0.5) is 5.82 Å². The molecule has 0 bridgehead atoms. The van der Waals surface area contributed by atoms with E-state index in [4.69, 9.17) is 5.84 Å². The molecule has 0 unspecified atom stereocenters. The molecule has 0 saturated heterocycles. The summed E-state index contributed by atoms with van der Waals surface area (Å²) in [5.41, 5.74) is 3.10. The highest BCUT2D eigenvalue weighted by Gasteiger charge is 2.32. The van der Waals surface area contributed by atoms with Gasteiger partial charge in [0.25, 0.3) is 5.91 Å². The van der Waals surface area contributed by atoms with E-state index < -0.39 is 0 Å². The van der Waals surface area contributed by atoms with Crippen LogP contribution in [0.15, 0.2) is 18.3 Å². The lowest BCUT2D eigenvalue weighted by atomic mass is 10.2. The first kappa shape index (κ1) is 11.9. The number of nitrogens with two attached hydrogens (primary N) is 1. The summed E-state index contributed by atoms with van der Waals surface area (Å²) in [5, 5.41) is 0. The lowest BCUT2D eigenvalue weighted by molar-refractivity contribution is 0.0743. The van der Waals surface area contributed by atoms with E-state index in [1.54, 1.807) is 18.3 Å². The van der Waals surface area contributed by atoms with Gasteiger partial charge in [0.15, 0.2) is 0 Å². The van der Waals surface area contributed by atoms with Crippen molar-refractivity contribution in [3.8, 4) is 0 Å². The number of amides is 1. The fourth-order valence-electron chi connectivity index (χ4n) is 1.89. The Morgan fingerprint density at radius 1 is 1.65 bits per heavy atom. The van der Waals surface area contributed by atoms with E-state index in [2.05, 4.69) is 17.3 Å². The number of anilines is 1. The number of aromatic nitrogens is 1. The number of nitrogens with one attached hydrogen (secondary N) is 1. The molecule has 2 rings (SSSR count). The van der Waals surface area contributed by atoms with Gasteiger partial charge in [-0.05, 0) is 31.4 Å². The zero-order valence-electron chi connectivity index (χ0n) is 10.0. The van der Waals surface area contributed by atoms with Gasteiger partial charge in [0.2, 0.25) is 0 Å². The summed E-state index contributed by atoms with van der Waals surface area (Å²) in [5.74, 6) is 5.88. The van der Waals surface area contributed by atoms with Crippen LogP contribution in [0.25, 0.3) is 0 Å². The fourth-order valence-corrected chi connectivity index (χ4v) is 1.89. The number of carbonyl (C=O) groups excluding carboxylic acids is 1. The predicted molar refractivity (Wildman–Crippen MR) is 66.4 cm³/mol. The molecule has 0 aromatic carbocycles. The number of nitrogens with zero attached hydrogens (tertiary/aromatic N) is 2. The van der Waals surface area contributed by atoms with E-state index in [0.29, 0.717) is 17.4 Å². The van der Waals surface area contributed by atoms with Gasteiger partial charge >= 0.3 is 0 Å². The van der Waals surface area contributed by atoms with Gasteiger partial charge in [-0.2, -0.15) is 0 Å². The average molecular weight is 234 g/mol. The van der Waals surface area contributed by atoms with Gasteiger partial charge in [-0.25, -0.2) is 10.8 Å². The normalized spacial score (nSPS) is 14.5. The first-order valence-electron chi connectivity index (χ1n) is 6.00. The van der Waals surface area contributed by atoms with E-state index in [9.17, 15) is 4.79 Å². The lowest BCUT2D eigenvalue weighted by Crippen LogP contribution is -2.33. The molecule has 1 fully saturated rings. The van der Waals surface area contributed by atoms with Crippen LogP contribution >= 0.6 is 0 Å².